The molecular weight excluding hydrogens is 330 g/mol. The molecule has 8 heteroatoms. The summed E-state index contributed by atoms with van der Waals surface area (Å²) in [4.78, 5) is 42.5. The summed E-state index contributed by atoms with van der Waals surface area (Å²) in [6.07, 6.45) is 3.32. The van der Waals surface area contributed by atoms with E-state index in [-0.39, 0.29) is 35.8 Å². The van der Waals surface area contributed by atoms with Gasteiger partial charge in [0.2, 0.25) is 5.91 Å². The highest BCUT2D eigenvalue weighted by Gasteiger charge is 2.32. The second-order valence-electron chi connectivity index (χ2n) is 6.04. The highest BCUT2D eigenvalue weighted by molar-refractivity contribution is 7.99. The number of ether oxygens (including phenoxy) is 1. The molecule has 1 aromatic rings. The van der Waals surface area contributed by atoms with Gasteiger partial charge < -0.3 is 9.64 Å². The Morgan fingerprint density at radius 2 is 2.29 bits per heavy atom. The van der Waals surface area contributed by atoms with Crippen LogP contribution >= 0.6 is 11.8 Å². The number of esters is 1. The lowest BCUT2D eigenvalue weighted by Crippen LogP contribution is -2.43. The predicted octanol–water partition coefficient (Wildman–Crippen LogP) is 1.08. The van der Waals surface area contributed by atoms with Crippen LogP contribution in [0.2, 0.25) is 0 Å². The second kappa shape index (κ2) is 7.38. The first kappa shape index (κ1) is 17.0. The van der Waals surface area contributed by atoms with Crippen LogP contribution in [-0.2, 0) is 14.3 Å². The van der Waals surface area contributed by atoms with E-state index < -0.39 is 0 Å². The van der Waals surface area contributed by atoms with E-state index in [2.05, 4.69) is 4.98 Å². The Bertz CT molecular complexity index is 690. The highest BCUT2D eigenvalue weighted by Crippen LogP contribution is 2.32. The lowest BCUT2D eigenvalue weighted by atomic mass is 9.97. The highest BCUT2D eigenvalue weighted by atomic mass is 32.2. The molecule has 0 radical (unpaired) electrons. The average Bonchev–Trinajstić information content (AvgIpc) is 2.99. The van der Waals surface area contributed by atoms with E-state index in [9.17, 15) is 14.4 Å². The number of fused-ring (bicyclic) bond motifs is 1. The van der Waals surface area contributed by atoms with Crippen molar-refractivity contribution in [2.24, 2.45) is 5.92 Å². The van der Waals surface area contributed by atoms with Crippen molar-refractivity contribution in [3.05, 3.63) is 22.6 Å². The summed E-state index contributed by atoms with van der Waals surface area (Å²) in [5.74, 6) is 0.195. The number of likely N-dealkylation sites (tertiary alicyclic amines) is 1. The van der Waals surface area contributed by atoms with Crippen molar-refractivity contribution in [3.63, 3.8) is 0 Å². The van der Waals surface area contributed by atoms with Crippen molar-refractivity contribution < 1.29 is 14.3 Å². The van der Waals surface area contributed by atoms with Crippen molar-refractivity contribution in [3.8, 4) is 0 Å². The zero-order chi connectivity index (χ0) is 17.1. The molecule has 0 aliphatic carbocycles. The average molecular weight is 351 g/mol. The van der Waals surface area contributed by atoms with Crippen molar-refractivity contribution in [1.29, 1.82) is 0 Å². The molecule has 130 valence electrons. The van der Waals surface area contributed by atoms with E-state index in [0.29, 0.717) is 30.6 Å². The molecular formula is C16H21N3O4S. The maximum absolute atomic E-state index is 12.6. The Hall–Kier alpha value is -1.83. The molecule has 0 bridgehead atoms. The standard InChI is InChI=1S/C16H21N3O4S/c1-2-23-15(22)11-4-3-7-18(9-11)14(21)8-12-10-24-16-17-6-5-13(20)19(12)16/h5-6,11-12H,2-4,7-10H2,1H3. The van der Waals surface area contributed by atoms with Gasteiger partial charge in [0, 0.05) is 37.5 Å². The fraction of sp³-hybridized carbons (Fsp3) is 0.625. The minimum Gasteiger partial charge on any atom is -0.466 e. The first-order valence-corrected chi connectivity index (χ1v) is 9.23. The molecule has 1 saturated heterocycles. The molecule has 2 atom stereocenters. The Labute approximate surface area is 144 Å². The summed E-state index contributed by atoms with van der Waals surface area (Å²) >= 11 is 1.50. The number of amides is 1. The summed E-state index contributed by atoms with van der Waals surface area (Å²) in [7, 11) is 0. The van der Waals surface area contributed by atoms with Crippen molar-refractivity contribution in [2.45, 2.75) is 37.4 Å². The van der Waals surface area contributed by atoms with Gasteiger partial charge in [0.25, 0.3) is 5.56 Å². The van der Waals surface area contributed by atoms with Gasteiger partial charge in [0.1, 0.15) is 0 Å². The number of hydrogen-bond acceptors (Lipinski definition) is 6. The fourth-order valence-corrected chi connectivity index (χ4v) is 4.35. The fourth-order valence-electron chi connectivity index (χ4n) is 3.23. The summed E-state index contributed by atoms with van der Waals surface area (Å²) in [6.45, 7) is 3.20. The lowest BCUT2D eigenvalue weighted by molar-refractivity contribution is -0.151. The molecule has 0 saturated carbocycles. The number of hydrogen-bond donors (Lipinski definition) is 0. The summed E-state index contributed by atoms with van der Waals surface area (Å²) in [5, 5.41) is 0.670. The minimum absolute atomic E-state index is 0.0156. The van der Waals surface area contributed by atoms with Gasteiger partial charge in [-0.25, -0.2) is 4.98 Å². The SMILES string of the molecule is CCOC(=O)C1CCCN(C(=O)CC2CSc3nccc(=O)n32)C1. The van der Waals surface area contributed by atoms with E-state index in [1.807, 2.05) is 0 Å². The van der Waals surface area contributed by atoms with Crippen LogP contribution < -0.4 is 5.56 Å². The van der Waals surface area contributed by atoms with Crippen molar-refractivity contribution in [1.82, 2.24) is 14.5 Å². The molecule has 0 spiro atoms. The number of aromatic nitrogens is 2. The molecule has 2 unspecified atom stereocenters. The molecule has 2 aliphatic rings. The number of carbonyl (C=O) groups excluding carboxylic acids is 2. The number of nitrogens with zero attached hydrogens (tertiary/aromatic N) is 3. The van der Waals surface area contributed by atoms with Crippen LogP contribution in [0.15, 0.2) is 22.2 Å². The molecule has 1 fully saturated rings. The van der Waals surface area contributed by atoms with E-state index in [4.69, 9.17) is 4.74 Å². The van der Waals surface area contributed by atoms with E-state index in [0.717, 1.165) is 12.8 Å². The number of thioether (sulfide) groups is 1. The maximum atomic E-state index is 12.6. The monoisotopic (exact) mass is 351 g/mol. The van der Waals surface area contributed by atoms with Gasteiger partial charge in [0.15, 0.2) is 5.16 Å². The molecule has 0 aromatic carbocycles. The topological polar surface area (TPSA) is 81.5 Å². The molecule has 3 heterocycles. The quantitative estimate of drug-likeness (QED) is 0.596. The second-order valence-corrected chi connectivity index (χ2v) is 7.02. The third kappa shape index (κ3) is 3.48. The number of carbonyl (C=O) groups is 2. The zero-order valence-electron chi connectivity index (χ0n) is 13.6. The molecule has 1 amide bonds. The van der Waals surface area contributed by atoms with Crippen LogP contribution in [0, 0.1) is 5.92 Å². The number of piperidine rings is 1. The Balaban J connectivity index is 1.64. The van der Waals surface area contributed by atoms with Gasteiger partial charge in [-0.15, -0.1) is 0 Å². The van der Waals surface area contributed by atoms with Gasteiger partial charge in [-0.2, -0.15) is 0 Å². The van der Waals surface area contributed by atoms with Crippen LogP contribution in [-0.4, -0.2) is 51.8 Å². The Kier molecular flexibility index (Phi) is 5.23. The van der Waals surface area contributed by atoms with Gasteiger partial charge in [-0.3, -0.25) is 19.0 Å². The summed E-state index contributed by atoms with van der Waals surface area (Å²) in [5.41, 5.74) is -0.120. The summed E-state index contributed by atoms with van der Waals surface area (Å²) < 4.78 is 6.68. The van der Waals surface area contributed by atoms with Gasteiger partial charge in [-0.05, 0) is 19.8 Å². The van der Waals surface area contributed by atoms with Crippen LogP contribution in [0.4, 0.5) is 0 Å². The van der Waals surface area contributed by atoms with E-state index >= 15 is 0 Å². The summed E-state index contributed by atoms with van der Waals surface area (Å²) in [6, 6.07) is 1.26. The third-order valence-corrected chi connectivity index (χ3v) is 5.53. The van der Waals surface area contributed by atoms with Crippen molar-refractivity contribution >= 4 is 23.6 Å². The van der Waals surface area contributed by atoms with Crippen LogP contribution in [0.5, 0.6) is 0 Å². The number of rotatable bonds is 4. The Morgan fingerprint density at radius 1 is 1.46 bits per heavy atom. The molecule has 0 N–H and O–H groups in total. The normalized spacial score (nSPS) is 23.0. The largest absolute Gasteiger partial charge is 0.466 e. The first-order valence-electron chi connectivity index (χ1n) is 8.25. The molecule has 24 heavy (non-hydrogen) atoms. The van der Waals surface area contributed by atoms with Crippen LogP contribution in [0.25, 0.3) is 0 Å². The molecule has 3 rings (SSSR count). The lowest BCUT2D eigenvalue weighted by Gasteiger charge is -2.32. The first-order chi connectivity index (χ1) is 11.6. The maximum Gasteiger partial charge on any atom is 0.310 e. The van der Waals surface area contributed by atoms with E-state index in [1.54, 1.807) is 16.4 Å². The Morgan fingerprint density at radius 3 is 3.08 bits per heavy atom. The van der Waals surface area contributed by atoms with Crippen LogP contribution in [0.3, 0.4) is 0 Å². The van der Waals surface area contributed by atoms with Crippen LogP contribution in [0.1, 0.15) is 32.2 Å². The van der Waals surface area contributed by atoms with Gasteiger partial charge >= 0.3 is 5.97 Å². The smallest absolute Gasteiger partial charge is 0.310 e. The molecule has 1 aromatic heterocycles. The zero-order valence-corrected chi connectivity index (χ0v) is 14.5. The molecule has 7 nitrogen and oxygen atoms in total. The van der Waals surface area contributed by atoms with Gasteiger partial charge in [0.05, 0.1) is 18.6 Å². The van der Waals surface area contributed by atoms with Crippen molar-refractivity contribution in [2.75, 3.05) is 25.4 Å². The third-order valence-electron chi connectivity index (χ3n) is 4.42. The predicted molar refractivity (Wildman–Crippen MR) is 88.8 cm³/mol. The van der Waals surface area contributed by atoms with E-state index in [1.165, 1.54) is 24.0 Å². The molecule has 2 aliphatic heterocycles. The minimum atomic E-state index is -0.239. The van der Waals surface area contributed by atoms with Gasteiger partial charge in [-0.1, -0.05) is 11.8 Å².